The van der Waals surface area contributed by atoms with Gasteiger partial charge in [0, 0.05) is 0 Å². The lowest BCUT2D eigenvalue weighted by atomic mass is 10.0. The highest BCUT2D eigenvalue weighted by atomic mass is 35.6. The molecule has 1 aromatic carbocycles. The third-order valence-corrected chi connectivity index (χ3v) is 3.43. The van der Waals surface area contributed by atoms with Crippen LogP contribution >= 0.6 is 11.1 Å². The second-order valence-corrected chi connectivity index (χ2v) is 5.26. The van der Waals surface area contributed by atoms with E-state index in [0.717, 1.165) is 6.04 Å². The standard InChI is InChI=1S/C11H15ClSi/c1-9-5-3-6-11(10(9)2)7-4-8-13-12/h3-7H,8,13H2,1-2H3. The van der Waals surface area contributed by atoms with Crippen molar-refractivity contribution in [3.05, 3.63) is 41.0 Å². The van der Waals surface area contributed by atoms with E-state index in [9.17, 15) is 0 Å². The van der Waals surface area contributed by atoms with E-state index in [0.29, 0.717) is 0 Å². The summed E-state index contributed by atoms with van der Waals surface area (Å²) in [6.07, 6.45) is 4.36. The molecule has 0 heterocycles. The van der Waals surface area contributed by atoms with E-state index in [1.54, 1.807) is 0 Å². The molecule has 0 aliphatic rings. The molecule has 0 amide bonds. The summed E-state index contributed by atoms with van der Waals surface area (Å²) in [7, 11) is -0.338. The van der Waals surface area contributed by atoms with E-state index < -0.39 is 0 Å². The molecule has 1 aromatic rings. The minimum atomic E-state index is -0.338. The zero-order valence-electron chi connectivity index (χ0n) is 8.18. The minimum absolute atomic E-state index is 0.338. The van der Waals surface area contributed by atoms with Crippen LogP contribution in [0.1, 0.15) is 16.7 Å². The first-order valence-corrected chi connectivity index (χ1v) is 7.68. The molecule has 70 valence electrons. The van der Waals surface area contributed by atoms with Gasteiger partial charge in [-0.25, -0.2) is 0 Å². The van der Waals surface area contributed by atoms with E-state index in [2.05, 4.69) is 44.2 Å². The maximum absolute atomic E-state index is 5.73. The van der Waals surface area contributed by atoms with Crippen molar-refractivity contribution < 1.29 is 0 Å². The molecule has 0 unspecified atom stereocenters. The van der Waals surface area contributed by atoms with Gasteiger partial charge in [-0.3, -0.25) is 0 Å². The molecule has 13 heavy (non-hydrogen) atoms. The summed E-state index contributed by atoms with van der Waals surface area (Å²) in [6.45, 7) is 4.30. The number of hydrogen-bond acceptors (Lipinski definition) is 0. The van der Waals surface area contributed by atoms with Crippen LogP contribution in [-0.2, 0) is 0 Å². The van der Waals surface area contributed by atoms with Crippen LogP contribution < -0.4 is 0 Å². The Morgan fingerprint density at radius 2 is 2.15 bits per heavy atom. The zero-order valence-corrected chi connectivity index (χ0v) is 10.3. The smallest absolute Gasteiger partial charge is 0.129 e. The lowest BCUT2D eigenvalue weighted by Crippen LogP contribution is -1.84. The van der Waals surface area contributed by atoms with Gasteiger partial charge in [-0.1, -0.05) is 30.4 Å². The molecule has 0 aromatic heterocycles. The van der Waals surface area contributed by atoms with Crippen molar-refractivity contribution in [2.24, 2.45) is 0 Å². The van der Waals surface area contributed by atoms with Crippen LogP contribution in [0.3, 0.4) is 0 Å². The Kier molecular flexibility index (Phi) is 4.26. The molecule has 2 heteroatoms. The predicted octanol–water partition coefficient (Wildman–Crippen LogP) is 3.06. The van der Waals surface area contributed by atoms with Crippen molar-refractivity contribution in [3.63, 3.8) is 0 Å². The largest absolute Gasteiger partial charge is 0.176 e. The molecule has 0 saturated heterocycles. The van der Waals surface area contributed by atoms with Gasteiger partial charge in [-0.2, -0.15) is 11.1 Å². The van der Waals surface area contributed by atoms with Gasteiger partial charge < -0.3 is 0 Å². The fourth-order valence-electron chi connectivity index (χ4n) is 1.23. The van der Waals surface area contributed by atoms with E-state index in [-0.39, 0.29) is 8.83 Å². The van der Waals surface area contributed by atoms with Crippen LogP contribution in [0.15, 0.2) is 24.3 Å². The monoisotopic (exact) mass is 210 g/mol. The Hall–Kier alpha value is -0.533. The summed E-state index contributed by atoms with van der Waals surface area (Å²) in [5.41, 5.74) is 4.04. The van der Waals surface area contributed by atoms with Crippen molar-refractivity contribution in [2.45, 2.75) is 19.9 Å². The Balaban J connectivity index is 2.83. The summed E-state index contributed by atoms with van der Waals surface area (Å²) < 4.78 is 0. The van der Waals surface area contributed by atoms with E-state index in [1.165, 1.54) is 16.7 Å². The van der Waals surface area contributed by atoms with Crippen LogP contribution in [-0.4, -0.2) is 8.83 Å². The van der Waals surface area contributed by atoms with Crippen LogP contribution in [0, 0.1) is 13.8 Å². The van der Waals surface area contributed by atoms with E-state index in [4.69, 9.17) is 11.1 Å². The fraction of sp³-hybridized carbons (Fsp3) is 0.273. The highest BCUT2D eigenvalue weighted by molar-refractivity contribution is 6.93. The molecular formula is C11H15ClSi. The molecular weight excluding hydrogens is 196 g/mol. The number of aryl methyl sites for hydroxylation is 1. The van der Waals surface area contributed by atoms with Gasteiger partial charge in [-0.05, 0) is 36.6 Å². The van der Waals surface area contributed by atoms with Crippen LogP contribution in [0.25, 0.3) is 6.08 Å². The molecule has 1 rings (SSSR count). The third kappa shape index (κ3) is 3.01. The lowest BCUT2D eigenvalue weighted by Gasteiger charge is -2.03. The SMILES string of the molecule is Cc1cccc(C=CC[SiH2]Cl)c1C. The van der Waals surface area contributed by atoms with Gasteiger partial charge in [0.15, 0.2) is 0 Å². The first-order valence-electron chi connectivity index (χ1n) is 4.54. The second-order valence-electron chi connectivity index (χ2n) is 3.17. The van der Waals surface area contributed by atoms with Gasteiger partial charge in [0.1, 0.15) is 8.83 Å². The van der Waals surface area contributed by atoms with Crippen LogP contribution in [0.4, 0.5) is 0 Å². The number of halogens is 1. The van der Waals surface area contributed by atoms with Gasteiger partial charge >= 0.3 is 0 Å². The Morgan fingerprint density at radius 3 is 2.85 bits per heavy atom. The van der Waals surface area contributed by atoms with Gasteiger partial charge in [0.05, 0.1) is 0 Å². The first kappa shape index (κ1) is 10.5. The molecule has 0 bridgehead atoms. The Morgan fingerprint density at radius 1 is 1.38 bits per heavy atom. The van der Waals surface area contributed by atoms with Crippen molar-refractivity contribution in [3.8, 4) is 0 Å². The summed E-state index contributed by atoms with van der Waals surface area (Å²) in [5.74, 6) is 0. The molecule has 0 radical (unpaired) electrons. The number of benzene rings is 1. The summed E-state index contributed by atoms with van der Waals surface area (Å²) in [5, 5.41) is 0. The van der Waals surface area contributed by atoms with Gasteiger partial charge in [0.2, 0.25) is 0 Å². The highest BCUT2D eigenvalue weighted by Gasteiger charge is 1.95. The van der Waals surface area contributed by atoms with E-state index in [1.807, 2.05) is 0 Å². The second kappa shape index (κ2) is 5.25. The molecule has 0 aliphatic heterocycles. The highest BCUT2D eigenvalue weighted by Crippen LogP contribution is 2.14. The average molecular weight is 211 g/mol. The number of rotatable bonds is 3. The molecule has 0 spiro atoms. The van der Waals surface area contributed by atoms with Crippen molar-refractivity contribution in [1.82, 2.24) is 0 Å². The van der Waals surface area contributed by atoms with Crippen molar-refractivity contribution in [2.75, 3.05) is 0 Å². The fourth-order valence-corrected chi connectivity index (χ4v) is 1.90. The number of hydrogen-bond donors (Lipinski definition) is 0. The lowest BCUT2D eigenvalue weighted by molar-refractivity contribution is 1.32. The van der Waals surface area contributed by atoms with Crippen LogP contribution in [0.5, 0.6) is 0 Å². The summed E-state index contributed by atoms with van der Waals surface area (Å²) >= 11 is 5.73. The maximum Gasteiger partial charge on any atom is 0.129 e. The third-order valence-electron chi connectivity index (χ3n) is 2.22. The molecule has 0 fully saturated rings. The topological polar surface area (TPSA) is 0 Å². The summed E-state index contributed by atoms with van der Waals surface area (Å²) in [4.78, 5) is 0. The van der Waals surface area contributed by atoms with Crippen molar-refractivity contribution in [1.29, 1.82) is 0 Å². The molecule has 0 atom stereocenters. The minimum Gasteiger partial charge on any atom is -0.176 e. The molecule has 0 nitrogen and oxygen atoms in total. The first-order chi connectivity index (χ1) is 6.25. The van der Waals surface area contributed by atoms with Crippen molar-refractivity contribution >= 4 is 26.0 Å². The molecule has 0 N–H and O–H groups in total. The summed E-state index contributed by atoms with van der Waals surface area (Å²) in [6, 6.07) is 7.46. The maximum atomic E-state index is 5.73. The zero-order chi connectivity index (χ0) is 9.68. The van der Waals surface area contributed by atoms with E-state index >= 15 is 0 Å². The number of allylic oxidation sites excluding steroid dienone is 1. The average Bonchev–Trinajstić information content (AvgIpc) is 2.13. The van der Waals surface area contributed by atoms with Gasteiger partial charge in [-0.15, -0.1) is 0 Å². The Bertz CT molecular complexity index is 305. The molecule has 0 saturated carbocycles. The molecule has 0 aliphatic carbocycles. The Labute approximate surface area is 87.1 Å². The van der Waals surface area contributed by atoms with Crippen LogP contribution in [0.2, 0.25) is 6.04 Å². The quantitative estimate of drug-likeness (QED) is 0.532. The normalized spacial score (nSPS) is 11.9. The predicted molar refractivity (Wildman–Crippen MR) is 64.2 cm³/mol. The van der Waals surface area contributed by atoms with Gasteiger partial charge in [0.25, 0.3) is 0 Å².